The number of benzene rings is 2. The molecule has 0 saturated heterocycles. The molecule has 0 amide bonds. The summed E-state index contributed by atoms with van der Waals surface area (Å²) in [6.07, 6.45) is 0. The third-order valence-electron chi connectivity index (χ3n) is 4.45. The van der Waals surface area contributed by atoms with Gasteiger partial charge in [-0.3, -0.25) is 0 Å². The van der Waals surface area contributed by atoms with Crippen LogP contribution in [-0.4, -0.2) is 37.5 Å². The van der Waals surface area contributed by atoms with Gasteiger partial charge in [0.05, 0.1) is 6.61 Å². The Morgan fingerprint density at radius 1 is 0.893 bits per heavy atom. The van der Waals surface area contributed by atoms with E-state index in [1.165, 1.54) is 0 Å². The highest BCUT2D eigenvalue weighted by Gasteiger charge is 2.23. The van der Waals surface area contributed by atoms with Crippen LogP contribution in [0.25, 0.3) is 0 Å². The zero-order valence-corrected chi connectivity index (χ0v) is 16.7. The topological polar surface area (TPSA) is 65.0 Å². The largest absolute Gasteiger partial charge is 0.491 e. The van der Waals surface area contributed by atoms with E-state index in [9.17, 15) is 4.79 Å². The van der Waals surface area contributed by atoms with Crippen molar-refractivity contribution in [2.24, 2.45) is 0 Å². The Balaban J connectivity index is 1.95. The van der Waals surface area contributed by atoms with E-state index < -0.39 is 5.97 Å². The molecule has 0 unspecified atom stereocenters. The van der Waals surface area contributed by atoms with Gasteiger partial charge in [-0.05, 0) is 42.3 Å². The number of aliphatic hydroxyl groups excluding tert-OH is 1. The third-order valence-corrected chi connectivity index (χ3v) is 4.45. The molecule has 0 heterocycles. The van der Waals surface area contributed by atoms with Crippen molar-refractivity contribution in [2.45, 2.75) is 26.2 Å². The minimum absolute atomic E-state index is 0.00199. The van der Waals surface area contributed by atoms with Gasteiger partial charge in [0.1, 0.15) is 31.3 Å². The molecule has 2 aromatic rings. The highest BCUT2D eigenvalue weighted by atomic mass is 16.6. The maximum atomic E-state index is 11.3. The molecule has 1 N–H and O–H groups in total. The van der Waals surface area contributed by atoms with Gasteiger partial charge in [0.15, 0.2) is 0 Å². The van der Waals surface area contributed by atoms with Crippen molar-refractivity contribution in [3.63, 3.8) is 0 Å². The summed E-state index contributed by atoms with van der Waals surface area (Å²) in [6.45, 7) is 10.2. The molecule has 0 atom stereocenters. The molecule has 0 bridgehead atoms. The van der Waals surface area contributed by atoms with E-state index in [1.807, 2.05) is 48.5 Å². The molecule has 2 rings (SSSR count). The Morgan fingerprint density at radius 2 is 1.36 bits per heavy atom. The molecule has 0 aromatic heterocycles. The van der Waals surface area contributed by atoms with Crippen molar-refractivity contribution in [1.82, 2.24) is 0 Å². The first kappa shape index (κ1) is 21.5. The van der Waals surface area contributed by atoms with Gasteiger partial charge in [-0.1, -0.05) is 44.7 Å². The maximum absolute atomic E-state index is 11.3. The Morgan fingerprint density at radius 3 is 1.79 bits per heavy atom. The minimum Gasteiger partial charge on any atom is -0.491 e. The van der Waals surface area contributed by atoms with Gasteiger partial charge >= 0.3 is 5.97 Å². The molecular formula is C23H28O5. The van der Waals surface area contributed by atoms with Crippen LogP contribution in [0.2, 0.25) is 0 Å². The third kappa shape index (κ3) is 5.86. The van der Waals surface area contributed by atoms with Crippen LogP contribution in [0.15, 0.2) is 60.7 Å². The normalized spacial score (nSPS) is 11.0. The van der Waals surface area contributed by atoms with Gasteiger partial charge in [-0.25, -0.2) is 4.79 Å². The molecule has 0 aliphatic rings. The summed E-state index contributed by atoms with van der Waals surface area (Å²) in [5.41, 5.74) is 2.49. The summed E-state index contributed by atoms with van der Waals surface area (Å²) in [7, 11) is 0. The molecule has 0 radical (unpaired) electrons. The molecule has 28 heavy (non-hydrogen) atoms. The van der Waals surface area contributed by atoms with E-state index >= 15 is 0 Å². The van der Waals surface area contributed by atoms with Crippen LogP contribution < -0.4 is 9.47 Å². The summed E-state index contributed by atoms with van der Waals surface area (Å²) in [5, 5.41) is 8.84. The van der Waals surface area contributed by atoms with Gasteiger partial charge in [0.2, 0.25) is 0 Å². The Labute approximate surface area is 166 Å². The van der Waals surface area contributed by atoms with E-state index in [4.69, 9.17) is 19.3 Å². The van der Waals surface area contributed by atoms with E-state index in [-0.39, 0.29) is 31.8 Å². The fraction of sp³-hybridized carbons (Fsp3) is 0.348. The second kappa shape index (κ2) is 9.95. The first-order valence-corrected chi connectivity index (χ1v) is 9.25. The number of rotatable bonds is 10. The lowest BCUT2D eigenvalue weighted by molar-refractivity contribution is -0.139. The van der Waals surface area contributed by atoms with Crippen LogP contribution in [-0.2, 0) is 14.9 Å². The van der Waals surface area contributed by atoms with Gasteiger partial charge < -0.3 is 19.3 Å². The van der Waals surface area contributed by atoms with Gasteiger partial charge in [-0.15, -0.1) is 0 Å². The average Bonchev–Trinajstić information content (AvgIpc) is 2.70. The summed E-state index contributed by atoms with van der Waals surface area (Å²) < 4.78 is 16.0. The number of ether oxygens (including phenoxy) is 3. The molecule has 0 saturated carbocycles. The standard InChI is InChI=1S/C23H28O5/c1-17(2)22(25)28-16-15-27-21-11-7-19(8-12-21)23(3,4)18-5-9-20(10-6-18)26-14-13-24/h5-12,24H,1,13-16H2,2-4H3. The molecule has 0 aliphatic carbocycles. The van der Waals surface area contributed by atoms with E-state index in [0.29, 0.717) is 5.57 Å². The van der Waals surface area contributed by atoms with E-state index in [2.05, 4.69) is 20.4 Å². The number of aliphatic hydroxyl groups is 1. The first-order valence-electron chi connectivity index (χ1n) is 9.25. The second-order valence-corrected chi connectivity index (χ2v) is 7.01. The van der Waals surface area contributed by atoms with Crippen molar-refractivity contribution in [2.75, 3.05) is 26.4 Å². The fourth-order valence-corrected chi connectivity index (χ4v) is 2.68. The Hall–Kier alpha value is -2.79. The highest BCUT2D eigenvalue weighted by Crippen LogP contribution is 2.33. The quantitative estimate of drug-likeness (QED) is 0.383. The van der Waals surface area contributed by atoms with Crippen LogP contribution >= 0.6 is 0 Å². The summed E-state index contributed by atoms with van der Waals surface area (Å²) in [5.74, 6) is 1.05. The zero-order chi connectivity index (χ0) is 20.6. The zero-order valence-electron chi connectivity index (χ0n) is 16.7. The van der Waals surface area contributed by atoms with Gasteiger partial charge in [0, 0.05) is 11.0 Å². The lowest BCUT2D eigenvalue weighted by Crippen LogP contribution is -2.18. The van der Waals surface area contributed by atoms with Crippen LogP contribution in [0.3, 0.4) is 0 Å². The van der Waals surface area contributed by atoms with Crippen molar-refractivity contribution in [3.8, 4) is 11.5 Å². The molecule has 2 aromatic carbocycles. The first-order chi connectivity index (χ1) is 13.3. The lowest BCUT2D eigenvalue weighted by Gasteiger charge is -2.26. The van der Waals surface area contributed by atoms with E-state index in [1.54, 1.807) is 6.92 Å². The van der Waals surface area contributed by atoms with Crippen molar-refractivity contribution >= 4 is 5.97 Å². The molecule has 5 nitrogen and oxygen atoms in total. The minimum atomic E-state index is -0.409. The summed E-state index contributed by atoms with van der Waals surface area (Å²) >= 11 is 0. The van der Waals surface area contributed by atoms with E-state index in [0.717, 1.165) is 22.6 Å². The molecule has 150 valence electrons. The number of carbonyl (C=O) groups excluding carboxylic acids is 1. The number of carbonyl (C=O) groups is 1. The van der Waals surface area contributed by atoms with Crippen LogP contribution in [0, 0.1) is 0 Å². The highest BCUT2D eigenvalue weighted by molar-refractivity contribution is 5.86. The van der Waals surface area contributed by atoms with Crippen molar-refractivity contribution in [1.29, 1.82) is 0 Å². The predicted octanol–water partition coefficient (Wildman–Crippen LogP) is 3.88. The molecule has 5 heteroatoms. The Kier molecular flexibility index (Phi) is 7.64. The monoisotopic (exact) mass is 384 g/mol. The van der Waals surface area contributed by atoms with Crippen LogP contribution in [0.1, 0.15) is 31.9 Å². The van der Waals surface area contributed by atoms with Gasteiger partial charge in [-0.2, -0.15) is 0 Å². The number of esters is 1. The number of hydrogen-bond donors (Lipinski definition) is 1. The molecule has 0 fully saturated rings. The molecule has 0 aliphatic heterocycles. The van der Waals surface area contributed by atoms with Crippen molar-refractivity contribution in [3.05, 3.63) is 71.8 Å². The van der Waals surface area contributed by atoms with Crippen molar-refractivity contribution < 1.29 is 24.1 Å². The smallest absolute Gasteiger partial charge is 0.333 e. The second-order valence-electron chi connectivity index (χ2n) is 7.01. The summed E-state index contributed by atoms with van der Waals surface area (Å²) in [6, 6.07) is 15.8. The average molecular weight is 384 g/mol. The van der Waals surface area contributed by atoms with Crippen LogP contribution in [0.4, 0.5) is 0 Å². The molecule has 0 spiro atoms. The lowest BCUT2D eigenvalue weighted by atomic mass is 9.78. The SMILES string of the molecule is C=C(C)C(=O)OCCOc1ccc(C(C)(C)c2ccc(OCCO)cc2)cc1. The van der Waals surface area contributed by atoms with Crippen LogP contribution in [0.5, 0.6) is 11.5 Å². The number of hydrogen-bond acceptors (Lipinski definition) is 5. The molecular weight excluding hydrogens is 356 g/mol. The fourth-order valence-electron chi connectivity index (χ4n) is 2.68. The van der Waals surface area contributed by atoms with Gasteiger partial charge in [0.25, 0.3) is 0 Å². The predicted molar refractivity (Wildman–Crippen MR) is 109 cm³/mol. The summed E-state index contributed by atoms with van der Waals surface area (Å²) in [4.78, 5) is 11.3. The maximum Gasteiger partial charge on any atom is 0.333 e. The Bertz CT molecular complexity index is 776.